The number of carboxylic acids is 1. The van der Waals surface area contributed by atoms with Crippen LogP contribution in [0.15, 0.2) is 12.1 Å². The van der Waals surface area contributed by atoms with Crippen LogP contribution in [0.4, 0.5) is 0 Å². The number of aromatic carboxylic acids is 1. The molecule has 0 amide bonds. The predicted octanol–water partition coefficient (Wildman–Crippen LogP) is 1.76. The van der Waals surface area contributed by atoms with Crippen LogP contribution in [0.2, 0.25) is 0 Å². The van der Waals surface area contributed by atoms with Gasteiger partial charge in [-0.25, -0.2) is 4.79 Å². The first-order valence-corrected chi connectivity index (χ1v) is 8.69. The van der Waals surface area contributed by atoms with E-state index < -0.39 is 5.97 Å². The molecule has 0 radical (unpaired) electrons. The third-order valence-corrected chi connectivity index (χ3v) is 5.70. The highest BCUT2D eigenvalue weighted by atomic mass is 16.4. The Hall–Kier alpha value is -1.92. The van der Waals surface area contributed by atoms with Crippen molar-refractivity contribution in [2.75, 3.05) is 19.6 Å². The minimum absolute atomic E-state index is 0.381. The molecule has 128 valence electrons. The molecule has 2 N–H and O–H groups in total. The number of aromatic nitrogens is 2. The summed E-state index contributed by atoms with van der Waals surface area (Å²) in [7, 11) is 1.88. The predicted molar refractivity (Wildman–Crippen MR) is 92.2 cm³/mol. The molecule has 3 saturated heterocycles. The standard InChI is InChI=1S/C18H24N4O2/c1-11-3-4-15-17(16(11)18(23)24)13(20-21(15)2)9-19-14-10-22-7-5-12(14)6-8-22/h3-4,12,14,19H,5-10H2,1-2H3,(H,23,24). The van der Waals surface area contributed by atoms with Crippen LogP contribution in [0, 0.1) is 12.8 Å². The quantitative estimate of drug-likeness (QED) is 0.895. The smallest absolute Gasteiger partial charge is 0.336 e. The molecule has 1 unspecified atom stereocenters. The lowest BCUT2D eigenvalue weighted by Crippen LogP contribution is -2.55. The van der Waals surface area contributed by atoms with Gasteiger partial charge in [0.2, 0.25) is 0 Å². The summed E-state index contributed by atoms with van der Waals surface area (Å²) in [6, 6.07) is 4.31. The molecule has 6 heteroatoms. The molecule has 1 atom stereocenters. The van der Waals surface area contributed by atoms with Gasteiger partial charge in [-0.2, -0.15) is 5.10 Å². The van der Waals surface area contributed by atoms with Crippen molar-refractivity contribution in [3.63, 3.8) is 0 Å². The zero-order valence-corrected chi connectivity index (χ0v) is 14.2. The van der Waals surface area contributed by atoms with E-state index in [-0.39, 0.29) is 0 Å². The van der Waals surface area contributed by atoms with Crippen LogP contribution in [0.1, 0.15) is 34.5 Å². The first-order valence-electron chi connectivity index (χ1n) is 8.69. The average Bonchev–Trinajstić information content (AvgIpc) is 2.89. The summed E-state index contributed by atoms with van der Waals surface area (Å²) < 4.78 is 1.79. The van der Waals surface area contributed by atoms with E-state index in [0.29, 0.717) is 18.2 Å². The lowest BCUT2D eigenvalue weighted by Gasteiger charge is -2.45. The third kappa shape index (κ3) is 2.50. The number of nitrogens with zero attached hydrogens (tertiary/aromatic N) is 3. The van der Waals surface area contributed by atoms with Gasteiger partial charge < -0.3 is 15.3 Å². The summed E-state index contributed by atoms with van der Waals surface area (Å²) >= 11 is 0. The zero-order chi connectivity index (χ0) is 16.8. The molecular weight excluding hydrogens is 304 g/mol. The highest BCUT2D eigenvalue weighted by Crippen LogP contribution is 2.29. The number of piperidine rings is 3. The Morgan fingerprint density at radius 2 is 2.12 bits per heavy atom. The van der Waals surface area contributed by atoms with Crippen molar-refractivity contribution < 1.29 is 9.90 Å². The highest BCUT2D eigenvalue weighted by molar-refractivity contribution is 6.05. The second-order valence-corrected chi connectivity index (χ2v) is 7.15. The Morgan fingerprint density at radius 3 is 2.75 bits per heavy atom. The normalized spacial score (nSPS) is 26.2. The molecule has 1 aromatic carbocycles. The van der Waals surface area contributed by atoms with Gasteiger partial charge in [0, 0.05) is 31.6 Å². The fraction of sp³-hybridized carbons (Fsp3) is 0.556. The number of fused-ring (bicyclic) bond motifs is 4. The Balaban J connectivity index is 1.64. The van der Waals surface area contributed by atoms with Crippen molar-refractivity contribution >= 4 is 16.9 Å². The lowest BCUT2D eigenvalue weighted by atomic mass is 9.84. The maximum atomic E-state index is 11.7. The van der Waals surface area contributed by atoms with Crippen molar-refractivity contribution in [3.05, 3.63) is 29.0 Å². The molecular formula is C18H24N4O2. The maximum Gasteiger partial charge on any atom is 0.336 e. The van der Waals surface area contributed by atoms with E-state index in [9.17, 15) is 9.90 Å². The second kappa shape index (κ2) is 5.86. The molecule has 5 rings (SSSR count). The number of hydrogen-bond donors (Lipinski definition) is 2. The molecule has 0 aliphatic carbocycles. The molecule has 3 aliphatic rings. The van der Waals surface area contributed by atoms with Crippen LogP contribution >= 0.6 is 0 Å². The minimum atomic E-state index is -0.879. The second-order valence-electron chi connectivity index (χ2n) is 7.15. The van der Waals surface area contributed by atoms with Crippen LogP contribution in [-0.4, -0.2) is 51.4 Å². The first kappa shape index (κ1) is 15.6. The van der Waals surface area contributed by atoms with E-state index in [2.05, 4.69) is 15.3 Å². The van der Waals surface area contributed by atoms with Gasteiger partial charge in [0.05, 0.1) is 16.8 Å². The number of carbonyl (C=O) groups is 1. The molecule has 0 saturated carbocycles. The van der Waals surface area contributed by atoms with Crippen molar-refractivity contribution in [1.29, 1.82) is 0 Å². The van der Waals surface area contributed by atoms with Gasteiger partial charge in [-0.15, -0.1) is 0 Å². The Morgan fingerprint density at radius 1 is 1.38 bits per heavy atom. The lowest BCUT2D eigenvalue weighted by molar-refractivity contribution is 0.0697. The molecule has 24 heavy (non-hydrogen) atoms. The maximum absolute atomic E-state index is 11.7. The summed E-state index contributed by atoms with van der Waals surface area (Å²) in [6.45, 7) is 6.01. The number of nitrogens with one attached hydrogen (secondary N) is 1. The van der Waals surface area contributed by atoms with Crippen molar-refractivity contribution in [2.24, 2.45) is 13.0 Å². The number of rotatable bonds is 4. The number of benzene rings is 1. The van der Waals surface area contributed by atoms with Gasteiger partial charge in [-0.1, -0.05) is 6.07 Å². The van der Waals surface area contributed by atoms with E-state index in [1.165, 1.54) is 25.9 Å². The molecule has 4 heterocycles. The van der Waals surface area contributed by atoms with Gasteiger partial charge in [-0.3, -0.25) is 4.68 Å². The molecule has 3 aliphatic heterocycles. The topological polar surface area (TPSA) is 70.4 Å². The van der Waals surface area contributed by atoms with Gasteiger partial charge in [0.15, 0.2) is 0 Å². The van der Waals surface area contributed by atoms with Gasteiger partial charge in [-0.05, 0) is 50.4 Å². The monoisotopic (exact) mass is 328 g/mol. The van der Waals surface area contributed by atoms with Gasteiger partial charge in [0.1, 0.15) is 0 Å². The SMILES string of the molecule is Cc1ccc2c(c(CNC3CN4CCC3CC4)nn2C)c1C(=O)O. The van der Waals surface area contributed by atoms with E-state index in [1.54, 1.807) is 4.68 Å². The zero-order valence-electron chi connectivity index (χ0n) is 14.2. The largest absolute Gasteiger partial charge is 0.478 e. The number of hydrogen-bond acceptors (Lipinski definition) is 4. The van der Waals surface area contributed by atoms with E-state index in [1.807, 2.05) is 26.1 Å². The fourth-order valence-corrected chi connectivity index (χ4v) is 4.37. The van der Waals surface area contributed by atoms with Crippen LogP contribution in [-0.2, 0) is 13.6 Å². The van der Waals surface area contributed by atoms with Gasteiger partial charge >= 0.3 is 5.97 Å². The van der Waals surface area contributed by atoms with Crippen molar-refractivity contribution in [3.8, 4) is 0 Å². The summed E-state index contributed by atoms with van der Waals surface area (Å²) in [4.78, 5) is 14.3. The summed E-state index contributed by atoms with van der Waals surface area (Å²) in [5, 5.41) is 18.7. The van der Waals surface area contributed by atoms with Crippen LogP contribution in [0.25, 0.3) is 10.9 Å². The van der Waals surface area contributed by atoms with E-state index in [4.69, 9.17) is 0 Å². The van der Waals surface area contributed by atoms with Gasteiger partial charge in [0.25, 0.3) is 0 Å². The molecule has 1 aromatic heterocycles. The summed E-state index contributed by atoms with van der Waals surface area (Å²) in [5.74, 6) is -0.138. The molecule has 3 fully saturated rings. The molecule has 2 aromatic rings. The summed E-state index contributed by atoms with van der Waals surface area (Å²) in [6.07, 6.45) is 2.53. The Bertz CT molecular complexity index is 790. The van der Waals surface area contributed by atoms with Crippen LogP contribution < -0.4 is 5.32 Å². The van der Waals surface area contributed by atoms with Crippen molar-refractivity contribution in [2.45, 2.75) is 32.4 Å². The first-order chi connectivity index (χ1) is 11.5. The van der Waals surface area contributed by atoms with E-state index in [0.717, 1.165) is 34.6 Å². The minimum Gasteiger partial charge on any atom is -0.478 e. The van der Waals surface area contributed by atoms with Crippen molar-refractivity contribution in [1.82, 2.24) is 20.0 Å². The van der Waals surface area contributed by atoms with Crippen LogP contribution in [0.3, 0.4) is 0 Å². The average molecular weight is 328 g/mol. The van der Waals surface area contributed by atoms with Crippen LogP contribution in [0.5, 0.6) is 0 Å². The third-order valence-electron chi connectivity index (χ3n) is 5.70. The Kier molecular flexibility index (Phi) is 3.81. The highest BCUT2D eigenvalue weighted by Gasteiger charge is 2.33. The van der Waals surface area contributed by atoms with E-state index >= 15 is 0 Å². The number of carboxylic acid groups (broad SMARTS) is 1. The molecule has 2 bridgehead atoms. The Labute approximate surface area is 141 Å². The fourth-order valence-electron chi connectivity index (χ4n) is 4.37. The summed E-state index contributed by atoms with van der Waals surface area (Å²) in [5.41, 5.74) is 2.88. The molecule has 6 nitrogen and oxygen atoms in total. The number of aryl methyl sites for hydroxylation is 2. The molecule has 0 spiro atoms.